The lowest BCUT2D eigenvalue weighted by Gasteiger charge is -2.08. The first-order valence-electron chi connectivity index (χ1n) is 5.52. The third kappa shape index (κ3) is 3.78. The normalized spacial score (nSPS) is 8.76. The van der Waals surface area contributed by atoms with Gasteiger partial charge in [-0.2, -0.15) is 15.6 Å². The van der Waals surface area contributed by atoms with Crippen molar-refractivity contribution < 1.29 is 19.1 Å². The minimum Gasteiger partial charge on any atom is -0.465 e. The highest BCUT2D eigenvalue weighted by atomic mass is 16.5. The number of ether oxygens (including phenoxy) is 2. The van der Waals surface area contributed by atoms with Crippen LogP contribution < -0.4 is 5.43 Å². The molecule has 0 saturated heterocycles. The molecule has 1 aromatic carbocycles. The number of nitrogens with one attached hydrogen (secondary N) is 1. The summed E-state index contributed by atoms with van der Waals surface area (Å²) >= 11 is 0. The zero-order chi connectivity index (χ0) is 15.8. The molecule has 1 aromatic rings. The Balaban J connectivity index is 3.27. The molecule has 0 spiro atoms. The van der Waals surface area contributed by atoms with Gasteiger partial charge in [-0.1, -0.05) is 0 Å². The zero-order valence-corrected chi connectivity index (χ0v) is 11.2. The van der Waals surface area contributed by atoms with Crippen molar-refractivity contribution in [1.29, 1.82) is 10.5 Å². The van der Waals surface area contributed by atoms with E-state index in [0.717, 1.165) is 0 Å². The van der Waals surface area contributed by atoms with Gasteiger partial charge in [0.2, 0.25) is 5.71 Å². The van der Waals surface area contributed by atoms with Gasteiger partial charge in [-0.05, 0) is 18.2 Å². The van der Waals surface area contributed by atoms with Crippen LogP contribution in [0.15, 0.2) is 23.3 Å². The van der Waals surface area contributed by atoms with Gasteiger partial charge in [-0.25, -0.2) is 9.59 Å². The van der Waals surface area contributed by atoms with E-state index in [9.17, 15) is 9.59 Å². The van der Waals surface area contributed by atoms with Gasteiger partial charge in [-0.3, -0.25) is 5.43 Å². The van der Waals surface area contributed by atoms with Crippen LogP contribution in [0, 0.1) is 22.7 Å². The second kappa shape index (κ2) is 7.26. The second-order valence-corrected chi connectivity index (χ2v) is 3.54. The highest BCUT2D eigenvalue weighted by Crippen LogP contribution is 2.19. The number of carbonyl (C=O) groups excluding carboxylic acids is 2. The summed E-state index contributed by atoms with van der Waals surface area (Å²) in [6.07, 6.45) is 0. The molecular formula is C13H10N4O4. The molecule has 0 radical (unpaired) electrons. The maximum Gasteiger partial charge on any atom is 0.340 e. The summed E-state index contributed by atoms with van der Waals surface area (Å²) < 4.78 is 9.15. The number of rotatable bonds is 4. The van der Waals surface area contributed by atoms with Gasteiger partial charge in [0.1, 0.15) is 12.1 Å². The topological polar surface area (TPSA) is 125 Å². The average molecular weight is 286 g/mol. The Morgan fingerprint density at radius 3 is 2.29 bits per heavy atom. The van der Waals surface area contributed by atoms with Crippen LogP contribution >= 0.6 is 0 Å². The van der Waals surface area contributed by atoms with E-state index in [-0.39, 0.29) is 16.8 Å². The van der Waals surface area contributed by atoms with Gasteiger partial charge in [0.25, 0.3) is 0 Å². The van der Waals surface area contributed by atoms with Crippen molar-refractivity contribution in [1.82, 2.24) is 0 Å². The highest BCUT2D eigenvalue weighted by Gasteiger charge is 2.15. The fourth-order valence-electron chi connectivity index (χ4n) is 1.36. The lowest BCUT2D eigenvalue weighted by Crippen LogP contribution is -2.09. The van der Waals surface area contributed by atoms with E-state index in [1.54, 1.807) is 12.1 Å². The molecule has 0 aliphatic carbocycles. The van der Waals surface area contributed by atoms with E-state index in [4.69, 9.17) is 10.5 Å². The smallest absolute Gasteiger partial charge is 0.340 e. The van der Waals surface area contributed by atoms with E-state index in [2.05, 4.69) is 20.0 Å². The van der Waals surface area contributed by atoms with Crippen LogP contribution in [0.1, 0.15) is 20.7 Å². The zero-order valence-electron chi connectivity index (χ0n) is 11.2. The van der Waals surface area contributed by atoms with Crippen LogP contribution in [0.2, 0.25) is 0 Å². The molecule has 1 N–H and O–H groups in total. The van der Waals surface area contributed by atoms with Crippen LogP contribution in [0.25, 0.3) is 0 Å². The number of carbonyl (C=O) groups is 2. The van der Waals surface area contributed by atoms with Crippen LogP contribution in [0.5, 0.6) is 0 Å². The molecule has 21 heavy (non-hydrogen) atoms. The van der Waals surface area contributed by atoms with Crippen molar-refractivity contribution in [3.63, 3.8) is 0 Å². The third-order valence-corrected chi connectivity index (χ3v) is 2.35. The van der Waals surface area contributed by atoms with Crippen LogP contribution in [0.3, 0.4) is 0 Å². The first-order chi connectivity index (χ1) is 10.1. The maximum atomic E-state index is 11.6. The minimum absolute atomic E-state index is 0.0872. The van der Waals surface area contributed by atoms with E-state index in [0.29, 0.717) is 0 Å². The summed E-state index contributed by atoms with van der Waals surface area (Å²) in [7, 11) is 2.41. The lowest BCUT2D eigenvalue weighted by molar-refractivity contribution is 0.0587. The molecule has 8 heteroatoms. The molecule has 0 unspecified atom stereocenters. The molecule has 0 bridgehead atoms. The molecule has 0 aliphatic heterocycles. The van der Waals surface area contributed by atoms with Gasteiger partial charge < -0.3 is 9.47 Å². The highest BCUT2D eigenvalue weighted by molar-refractivity contribution is 6.10. The van der Waals surface area contributed by atoms with E-state index in [1.807, 2.05) is 0 Å². The van der Waals surface area contributed by atoms with Crippen molar-refractivity contribution in [2.75, 3.05) is 19.6 Å². The molecule has 0 aliphatic rings. The standard InChI is InChI=1S/C13H10N4O4/c1-20-12(18)8-3-4-10(13(19)21-2)11(5-8)17-16-9(6-14)7-15/h3-5,17H,1-2H3. The SMILES string of the molecule is COC(=O)c1ccc(C(=O)OC)c(NN=C(C#N)C#N)c1. The number of nitriles is 2. The first-order valence-corrected chi connectivity index (χ1v) is 5.52. The molecule has 0 atom stereocenters. The van der Waals surface area contributed by atoms with Gasteiger partial charge >= 0.3 is 11.9 Å². The Labute approximate surface area is 120 Å². The fraction of sp³-hybridized carbons (Fsp3) is 0.154. The molecule has 1 rings (SSSR count). The summed E-state index contributed by atoms with van der Waals surface area (Å²) in [6, 6.07) is 7.12. The van der Waals surface area contributed by atoms with E-state index < -0.39 is 17.7 Å². The van der Waals surface area contributed by atoms with Gasteiger partial charge in [0.05, 0.1) is 31.0 Å². The summed E-state index contributed by atoms with van der Waals surface area (Å²) in [6.45, 7) is 0. The molecule has 0 fully saturated rings. The molecule has 0 aromatic heterocycles. The minimum atomic E-state index is -0.667. The molecule has 8 nitrogen and oxygen atoms in total. The molecule has 0 heterocycles. The summed E-state index contributed by atoms with van der Waals surface area (Å²) in [5, 5.41) is 20.7. The Morgan fingerprint density at radius 1 is 1.14 bits per heavy atom. The number of benzene rings is 1. The maximum absolute atomic E-state index is 11.6. The molecule has 0 saturated carbocycles. The summed E-state index contributed by atoms with van der Waals surface area (Å²) in [5.41, 5.74) is 2.30. The third-order valence-electron chi connectivity index (χ3n) is 2.35. The van der Waals surface area contributed by atoms with Crippen LogP contribution in [0.4, 0.5) is 5.69 Å². The number of hydrogen-bond donors (Lipinski definition) is 1. The Bertz CT molecular complexity index is 666. The van der Waals surface area contributed by atoms with E-state index >= 15 is 0 Å². The molecule has 106 valence electrons. The lowest BCUT2D eigenvalue weighted by atomic mass is 10.1. The number of nitrogens with zero attached hydrogens (tertiary/aromatic N) is 3. The predicted molar refractivity (Wildman–Crippen MR) is 71.4 cm³/mol. The van der Waals surface area contributed by atoms with Crippen molar-refractivity contribution >= 4 is 23.3 Å². The number of hydrogen-bond acceptors (Lipinski definition) is 8. The second-order valence-electron chi connectivity index (χ2n) is 3.54. The predicted octanol–water partition coefficient (Wildman–Crippen LogP) is 1.07. The number of esters is 2. The number of anilines is 1. The number of methoxy groups -OCH3 is 2. The van der Waals surface area contributed by atoms with Gasteiger partial charge in [0, 0.05) is 0 Å². The summed E-state index contributed by atoms with van der Waals surface area (Å²) in [5.74, 6) is -1.28. The monoisotopic (exact) mass is 286 g/mol. The van der Waals surface area contributed by atoms with Crippen molar-refractivity contribution in [2.24, 2.45) is 5.10 Å². The average Bonchev–Trinajstić information content (AvgIpc) is 2.54. The van der Waals surface area contributed by atoms with Gasteiger partial charge in [-0.15, -0.1) is 0 Å². The fourth-order valence-corrected chi connectivity index (χ4v) is 1.36. The number of hydrazone groups is 1. The Kier molecular flexibility index (Phi) is 5.42. The largest absolute Gasteiger partial charge is 0.465 e. The van der Waals surface area contributed by atoms with Crippen molar-refractivity contribution in [2.45, 2.75) is 0 Å². The Morgan fingerprint density at radius 2 is 1.76 bits per heavy atom. The Hall–Kier alpha value is -3.39. The first kappa shape index (κ1) is 15.7. The summed E-state index contributed by atoms with van der Waals surface area (Å²) in [4.78, 5) is 23.1. The van der Waals surface area contributed by atoms with Crippen molar-refractivity contribution in [3.05, 3.63) is 29.3 Å². The van der Waals surface area contributed by atoms with Crippen LogP contribution in [-0.2, 0) is 9.47 Å². The van der Waals surface area contributed by atoms with Gasteiger partial charge in [0.15, 0.2) is 0 Å². The van der Waals surface area contributed by atoms with Crippen LogP contribution in [-0.4, -0.2) is 31.9 Å². The molecular weight excluding hydrogens is 276 g/mol. The van der Waals surface area contributed by atoms with E-state index in [1.165, 1.54) is 32.4 Å². The molecule has 0 amide bonds. The quantitative estimate of drug-likeness (QED) is 0.498. The van der Waals surface area contributed by atoms with Crippen molar-refractivity contribution in [3.8, 4) is 12.1 Å².